The molecule has 2 rings (SSSR count). The molecule has 0 saturated heterocycles. The lowest BCUT2D eigenvalue weighted by atomic mass is 9.92. The van der Waals surface area contributed by atoms with Crippen molar-refractivity contribution in [2.75, 3.05) is 13.7 Å². The number of rotatable bonds is 6. The van der Waals surface area contributed by atoms with Gasteiger partial charge in [0.2, 0.25) is 0 Å². The second kappa shape index (κ2) is 7.57. The Bertz CT molecular complexity index is 603. The van der Waals surface area contributed by atoms with Gasteiger partial charge in [0, 0.05) is 0 Å². The highest BCUT2D eigenvalue weighted by molar-refractivity contribution is 9.10. The van der Waals surface area contributed by atoms with Gasteiger partial charge >= 0.3 is 0 Å². The van der Waals surface area contributed by atoms with Crippen LogP contribution in [0.25, 0.3) is 0 Å². The van der Waals surface area contributed by atoms with Crippen LogP contribution in [0.1, 0.15) is 11.1 Å². The van der Waals surface area contributed by atoms with Crippen LogP contribution >= 0.6 is 15.9 Å². The van der Waals surface area contributed by atoms with E-state index in [0.29, 0.717) is 16.9 Å². The van der Waals surface area contributed by atoms with Gasteiger partial charge in [-0.15, -0.1) is 0 Å². The van der Waals surface area contributed by atoms with E-state index in [1.165, 1.54) is 11.6 Å². The summed E-state index contributed by atoms with van der Waals surface area (Å²) in [6.45, 7) is 0.589. The van der Waals surface area contributed by atoms with Crippen molar-refractivity contribution in [3.8, 4) is 5.75 Å². The molecule has 0 spiro atoms. The van der Waals surface area contributed by atoms with Gasteiger partial charge in [0.25, 0.3) is 0 Å². The first-order valence-corrected chi connectivity index (χ1v) is 7.68. The molecule has 2 nitrogen and oxygen atoms in total. The molecular formula is C17H19BrFNO. The van der Waals surface area contributed by atoms with Crippen LogP contribution < -0.4 is 10.5 Å². The number of benzene rings is 2. The first kappa shape index (κ1) is 16.0. The molecular weight excluding hydrogens is 333 g/mol. The monoisotopic (exact) mass is 351 g/mol. The molecule has 21 heavy (non-hydrogen) atoms. The van der Waals surface area contributed by atoms with Gasteiger partial charge in [0.1, 0.15) is 11.6 Å². The topological polar surface area (TPSA) is 35.2 Å². The van der Waals surface area contributed by atoms with Gasteiger partial charge in [-0.05, 0) is 76.6 Å². The van der Waals surface area contributed by atoms with E-state index >= 15 is 0 Å². The van der Waals surface area contributed by atoms with Crippen LogP contribution in [-0.4, -0.2) is 13.7 Å². The number of ether oxygens (including phenoxy) is 1. The fraction of sp³-hybridized carbons (Fsp3) is 0.294. The second-order valence-electron chi connectivity index (χ2n) is 5.11. The highest BCUT2D eigenvalue weighted by atomic mass is 79.9. The summed E-state index contributed by atoms with van der Waals surface area (Å²) in [6, 6.07) is 13.1. The molecule has 0 aromatic heterocycles. The molecule has 4 heteroatoms. The normalized spacial score (nSPS) is 12.2. The van der Waals surface area contributed by atoms with Crippen LogP contribution in [0.5, 0.6) is 5.75 Å². The van der Waals surface area contributed by atoms with Crippen molar-refractivity contribution in [1.82, 2.24) is 0 Å². The van der Waals surface area contributed by atoms with Crippen LogP contribution in [0.4, 0.5) is 4.39 Å². The van der Waals surface area contributed by atoms with Crippen LogP contribution in [0.15, 0.2) is 46.9 Å². The van der Waals surface area contributed by atoms with Gasteiger partial charge in [-0.3, -0.25) is 0 Å². The molecule has 0 heterocycles. The van der Waals surface area contributed by atoms with E-state index in [4.69, 9.17) is 10.5 Å². The van der Waals surface area contributed by atoms with Gasteiger partial charge in [0.05, 0.1) is 11.6 Å². The predicted octanol–water partition coefficient (Wildman–Crippen LogP) is 3.96. The summed E-state index contributed by atoms with van der Waals surface area (Å²) in [6.07, 6.45) is 1.70. The molecule has 0 bridgehead atoms. The first-order valence-electron chi connectivity index (χ1n) is 6.89. The van der Waals surface area contributed by atoms with Crippen LogP contribution in [0.2, 0.25) is 0 Å². The number of nitrogens with two attached hydrogens (primary N) is 1. The third-order valence-corrected chi connectivity index (χ3v) is 4.11. The van der Waals surface area contributed by atoms with Crippen LogP contribution in [-0.2, 0) is 12.8 Å². The van der Waals surface area contributed by atoms with E-state index in [1.807, 2.05) is 30.3 Å². The molecule has 0 aliphatic heterocycles. The number of halogens is 2. The zero-order valence-corrected chi connectivity index (χ0v) is 13.6. The summed E-state index contributed by atoms with van der Waals surface area (Å²) >= 11 is 3.22. The molecule has 0 aliphatic carbocycles. The zero-order valence-electron chi connectivity index (χ0n) is 12.0. The molecule has 2 N–H and O–H groups in total. The molecule has 2 aromatic carbocycles. The Morgan fingerprint density at radius 2 is 1.86 bits per heavy atom. The summed E-state index contributed by atoms with van der Waals surface area (Å²) < 4.78 is 19.0. The average Bonchev–Trinajstić information content (AvgIpc) is 2.50. The summed E-state index contributed by atoms with van der Waals surface area (Å²) in [5.41, 5.74) is 8.17. The summed E-state index contributed by atoms with van der Waals surface area (Å²) in [4.78, 5) is 0. The van der Waals surface area contributed by atoms with Gasteiger partial charge < -0.3 is 10.5 Å². The fourth-order valence-electron chi connectivity index (χ4n) is 2.37. The molecule has 0 aliphatic rings. The van der Waals surface area contributed by atoms with E-state index in [2.05, 4.69) is 22.0 Å². The van der Waals surface area contributed by atoms with Crippen molar-refractivity contribution >= 4 is 15.9 Å². The summed E-state index contributed by atoms with van der Waals surface area (Å²) in [5.74, 6) is 0.929. The molecule has 1 atom stereocenters. The Morgan fingerprint density at radius 1 is 1.14 bits per heavy atom. The van der Waals surface area contributed by atoms with E-state index in [-0.39, 0.29) is 5.82 Å². The minimum atomic E-state index is -0.240. The Labute approximate surface area is 133 Å². The highest BCUT2D eigenvalue weighted by Gasteiger charge is 2.11. The van der Waals surface area contributed by atoms with Crippen molar-refractivity contribution in [2.45, 2.75) is 12.8 Å². The number of hydrogen-bond acceptors (Lipinski definition) is 2. The third kappa shape index (κ3) is 4.55. The minimum absolute atomic E-state index is 0.240. The van der Waals surface area contributed by atoms with Gasteiger partial charge in [-0.2, -0.15) is 0 Å². The highest BCUT2D eigenvalue weighted by Crippen LogP contribution is 2.21. The van der Waals surface area contributed by atoms with Crippen molar-refractivity contribution in [1.29, 1.82) is 0 Å². The van der Waals surface area contributed by atoms with Crippen molar-refractivity contribution in [3.63, 3.8) is 0 Å². The van der Waals surface area contributed by atoms with Gasteiger partial charge in [-0.1, -0.05) is 18.2 Å². The summed E-state index contributed by atoms with van der Waals surface area (Å²) in [7, 11) is 1.66. The Balaban J connectivity index is 2.07. The summed E-state index contributed by atoms with van der Waals surface area (Å²) in [5, 5.41) is 0. The molecule has 0 radical (unpaired) electrons. The van der Waals surface area contributed by atoms with Gasteiger partial charge in [0.15, 0.2) is 0 Å². The Morgan fingerprint density at radius 3 is 2.48 bits per heavy atom. The lowest BCUT2D eigenvalue weighted by molar-refractivity contribution is 0.413. The number of methoxy groups -OCH3 is 1. The minimum Gasteiger partial charge on any atom is -0.497 e. The second-order valence-corrected chi connectivity index (χ2v) is 5.96. The predicted molar refractivity (Wildman–Crippen MR) is 87.0 cm³/mol. The van der Waals surface area contributed by atoms with Crippen molar-refractivity contribution < 1.29 is 9.13 Å². The smallest absolute Gasteiger partial charge is 0.137 e. The number of hydrogen-bond donors (Lipinski definition) is 1. The largest absolute Gasteiger partial charge is 0.497 e. The lowest BCUT2D eigenvalue weighted by Crippen LogP contribution is -2.19. The molecule has 2 aromatic rings. The van der Waals surface area contributed by atoms with Crippen LogP contribution in [0.3, 0.4) is 0 Å². The molecule has 0 fully saturated rings. The molecule has 1 unspecified atom stereocenters. The van der Waals surface area contributed by atoms with Gasteiger partial charge in [-0.25, -0.2) is 4.39 Å². The van der Waals surface area contributed by atoms with Crippen LogP contribution in [0, 0.1) is 11.7 Å². The zero-order chi connectivity index (χ0) is 15.2. The Kier molecular flexibility index (Phi) is 5.76. The Hall–Kier alpha value is -1.39. The van der Waals surface area contributed by atoms with E-state index in [1.54, 1.807) is 7.11 Å². The van der Waals surface area contributed by atoms with Crippen molar-refractivity contribution in [3.05, 3.63) is 63.9 Å². The molecule has 0 saturated carbocycles. The molecule has 112 valence electrons. The van der Waals surface area contributed by atoms with E-state index in [0.717, 1.165) is 24.2 Å². The average molecular weight is 352 g/mol. The fourth-order valence-corrected chi connectivity index (χ4v) is 2.80. The van der Waals surface area contributed by atoms with Crippen molar-refractivity contribution in [2.24, 2.45) is 11.7 Å². The first-order chi connectivity index (χ1) is 10.1. The maximum absolute atomic E-state index is 13.3. The maximum atomic E-state index is 13.3. The lowest BCUT2D eigenvalue weighted by Gasteiger charge is -2.16. The SMILES string of the molecule is COc1cccc(CC(CN)Cc2ccc(F)c(Br)c2)c1. The quantitative estimate of drug-likeness (QED) is 0.854. The third-order valence-electron chi connectivity index (χ3n) is 3.50. The maximum Gasteiger partial charge on any atom is 0.137 e. The van der Waals surface area contributed by atoms with E-state index in [9.17, 15) is 4.39 Å². The van der Waals surface area contributed by atoms with E-state index < -0.39 is 0 Å². The standard InChI is InChI=1S/C17H19BrFNO/c1-21-15-4-2-3-12(9-15)7-14(11-20)8-13-5-6-17(19)16(18)10-13/h2-6,9-10,14H,7-8,11,20H2,1H3. The molecule has 0 amide bonds.